The minimum atomic E-state index is 0.706. The SMILES string of the molecule is C=C/C=C(\C=C/C)N1c2ccccc2-c2c(n(-c3cccc(C4=CNCC(c5cccc(-n6c7c(c8ccccc86)-c6ccccc6N(C(/C=C\C)=C/C)c6ccccc6-7)c5)=C4)c3)c3ccccc23)-c2ccccc21.CC. The van der Waals surface area contributed by atoms with Crippen LogP contribution in [0, 0.1) is 0 Å². The highest BCUT2D eigenvalue weighted by Gasteiger charge is 2.33. The first-order valence-corrected chi connectivity index (χ1v) is 26.9. The fourth-order valence-corrected chi connectivity index (χ4v) is 11.9. The van der Waals surface area contributed by atoms with Crippen LogP contribution in [0.25, 0.3) is 89.1 Å². The van der Waals surface area contributed by atoms with Crippen LogP contribution in [0.1, 0.15) is 45.7 Å². The van der Waals surface area contributed by atoms with Gasteiger partial charge >= 0.3 is 0 Å². The molecule has 1 N–H and O–H groups in total. The Kier molecular flexibility index (Phi) is 13.0. The highest BCUT2D eigenvalue weighted by atomic mass is 15.2. The molecular formula is C72H61N5. The topological polar surface area (TPSA) is 28.4 Å². The number of nitrogens with zero attached hydrogens (tertiary/aromatic N) is 4. The molecule has 0 amide bonds. The molecule has 3 aliphatic heterocycles. The third-order valence-corrected chi connectivity index (χ3v) is 14.9. The maximum atomic E-state index is 4.11. The Hall–Kier alpha value is -9.58. The molecule has 5 nitrogen and oxygen atoms in total. The number of para-hydroxylation sites is 6. The van der Waals surface area contributed by atoms with Gasteiger partial charge in [0.2, 0.25) is 0 Å². The first kappa shape index (κ1) is 48.4. The van der Waals surface area contributed by atoms with Gasteiger partial charge in [0.15, 0.2) is 0 Å². The Morgan fingerprint density at radius 2 is 0.922 bits per heavy atom. The number of benzene rings is 8. The molecule has 374 valence electrons. The molecule has 0 aliphatic carbocycles. The van der Waals surface area contributed by atoms with Gasteiger partial charge in [-0.3, -0.25) is 0 Å². The molecule has 10 aromatic rings. The maximum absolute atomic E-state index is 4.11. The molecule has 0 fully saturated rings. The number of rotatable bonds is 9. The number of dihydropyridines is 1. The first-order chi connectivity index (χ1) is 38.1. The van der Waals surface area contributed by atoms with Crippen LogP contribution in [0.4, 0.5) is 22.7 Å². The van der Waals surface area contributed by atoms with Crippen molar-refractivity contribution in [3.05, 3.63) is 278 Å². The standard InChI is InChI=1S/C70H55N5.C2H6/c1-5-23-51(8-4)72-61-36-15-9-30-55(61)67-57-32-11-17-38-63(57)74(69(67)59-34-13-19-40-65(59)72)53-28-21-26-47(43-53)49-42-50(46-71-45-49)48-27-22-29-54(44-48)75-64-39-18-12-33-58(64)68-56-31-10-16-37-62(56)73(52(24-6-2)25-7-3)66-41-20-14-35-60(66)70(68)75;1-2/h5-44,46,71H,2,45H2,1,3-4H3;1-2H3/b23-5-,25-7-,51-8+,52-24+;. The molecule has 3 aliphatic rings. The van der Waals surface area contributed by atoms with Crippen LogP contribution >= 0.6 is 0 Å². The Morgan fingerprint density at radius 3 is 1.44 bits per heavy atom. The Bertz CT molecular complexity index is 4140. The summed E-state index contributed by atoms with van der Waals surface area (Å²) in [5.74, 6) is 0. The largest absolute Gasteiger partial charge is 0.386 e. The molecule has 2 aromatic heterocycles. The number of aromatic nitrogens is 2. The molecule has 0 atom stereocenters. The van der Waals surface area contributed by atoms with E-state index < -0.39 is 0 Å². The summed E-state index contributed by atoms with van der Waals surface area (Å²) in [6.45, 7) is 15.1. The predicted octanol–water partition coefficient (Wildman–Crippen LogP) is 19.3. The maximum Gasteiger partial charge on any atom is 0.0641 e. The van der Waals surface area contributed by atoms with E-state index in [1.54, 1.807) is 0 Å². The Labute approximate surface area is 453 Å². The molecule has 0 saturated heterocycles. The van der Waals surface area contributed by atoms with Crippen molar-refractivity contribution < 1.29 is 0 Å². The quantitative estimate of drug-likeness (QED) is 0.146. The highest BCUT2D eigenvalue weighted by molar-refractivity contribution is 6.14. The number of allylic oxidation sites excluding steroid dienone is 9. The zero-order valence-electron chi connectivity index (χ0n) is 44.4. The molecule has 5 heterocycles. The molecule has 0 bridgehead atoms. The van der Waals surface area contributed by atoms with Crippen molar-refractivity contribution in [1.29, 1.82) is 0 Å². The molecule has 5 heteroatoms. The summed E-state index contributed by atoms with van der Waals surface area (Å²) in [6, 6.07) is 71.3. The van der Waals surface area contributed by atoms with E-state index in [9.17, 15) is 0 Å². The van der Waals surface area contributed by atoms with E-state index in [0.29, 0.717) is 6.54 Å². The predicted molar refractivity (Wildman–Crippen MR) is 330 cm³/mol. The smallest absolute Gasteiger partial charge is 0.0641 e. The van der Waals surface area contributed by atoms with Gasteiger partial charge in [0.1, 0.15) is 0 Å². The lowest BCUT2D eigenvalue weighted by molar-refractivity contribution is 0.989. The fraction of sp³-hybridized carbons (Fsp3) is 0.0833. The minimum absolute atomic E-state index is 0.706. The van der Waals surface area contributed by atoms with Crippen LogP contribution in [0.15, 0.2) is 267 Å². The average molecular weight is 996 g/mol. The van der Waals surface area contributed by atoms with Gasteiger partial charge in [-0.1, -0.05) is 178 Å². The van der Waals surface area contributed by atoms with Gasteiger partial charge in [-0.05, 0) is 128 Å². The second-order valence-electron chi connectivity index (χ2n) is 19.2. The number of hydrogen-bond acceptors (Lipinski definition) is 3. The third kappa shape index (κ3) is 8.02. The van der Waals surface area contributed by atoms with E-state index >= 15 is 0 Å². The molecular weight excluding hydrogens is 935 g/mol. The minimum Gasteiger partial charge on any atom is -0.386 e. The van der Waals surface area contributed by atoms with Gasteiger partial charge in [0.25, 0.3) is 0 Å². The summed E-state index contributed by atoms with van der Waals surface area (Å²) in [5, 5.41) is 6.12. The molecule has 77 heavy (non-hydrogen) atoms. The number of fused-ring (bicyclic) bond motifs is 14. The number of anilines is 4. The summed E-state index contributed by atoms with van der Waals surface area (Å²) in [6.07, 6.45) is 19.3. The monoisotopic (exact) mass is 995 g/mol. The van der Waals surface area contributed by atoms with Crippen molar-refractivity contribution in [1.82, 2.24) is 14.5 Å². The lowest BCUT2D eigenvalue weighted by Crippen LogP contribution is -2.16. The van der Waals surface area contributed by atoms with Crippen LogP contribution in [0.2, 0.25) is 0 Å². The van der Waals surface area contributed by atoms with Gasteiger partial charge in [-0.15, -0.1) is 0 Å². The van der Waals surface area contributed by atoms with E-state index in [-0.39, 0.29) is 0 Å². The average Bonchev–Trinajstić information content (AvgIpc) is 4.19. The lowest BCUT2D eigenvalue weighted by atomic mass is 9.96. The Morgan fingerprint density at radius 1 is 0.481 bits per heavy atom. The van der Waals surface area contributed by atoms with Crippen molar-refractivity contribution in [3.63, 3.8) is 0 Å². The molecule has 0 saturated carbocycles. The Balaban J connectivity index is 0.00000295. The van der Waals surface area contributed by atoms with Crippen molar-refractivity contribution in [2.24, 2.45) is 0 Å². The molecule has 0 spiro atoms. The summed E-state index contributed by atoms with van der Waals surface area (Å²) in [7, 11) is 0. The second-order valence-corrected chi connectivity index (χ2v) is 19.2. The van der Waals surface area contributed by atoms with Gasteiger partial charge in [0, 0.05) is 79.7 Å². The van der Waals surface area contributed by atoms with Crippen molar-refractivity contribution in [2.75, 3.05) is 16.3 Å². The van der Waals surface area contributed by atoms with Crippen molar-refractivity contribution >= 4 is 55.7 Å². The normalized spacial score (nSPS) is 13.8. The van der Waals surface area contributed by atoms with E-state index in [2.05, 4.69) is 294 Å². The fourth-order valence-electron chi connectivity index (χ4n) is 11.9. The summed E-state index contributed by atoms with van der Waals surface area (Å²) >= 11 is 0. The summed E-state index contributed by atoms with van der Waals surface area (Å²) in [4.78, 5) is 4.81. The molecule has 13 rings (SSSR count). The van der Waals surface area contributed by atoms with Crippen LogP contribution in [-0.4, -0.2) is 15.7 Å². The summed E-state index contributed by atoms with van der Waals surface area (Å²) < 4.78 is 4.97. The third-order valence-electron chi connectivity index (χ3n) is 14.9. The van der Waals surface area contributed by atoms with Gasteiger partial charge < -0.3 is 24.3 Å². The van der Waals surface area contributed by atoms with Gasteiger partial charge in [-0.25, -0.2) is 0 Å². The molecule has 0 radical (unpaired) electrons. The summed E-state index contributed by atoms with van der Waals surface area (Å²) in [5.41, 5.74) is 25.4. The lowest BCUT2D eigenvalue weighted by Gasteiger charge is -2.28. The highest BCUT2D eigenvalue weighted by Crippen LogP contribution is 2.55. The van der Waals surface area contributed by atoms with E-state index in [1.807, 2.05) is 19.9 Å². The van der Waals surface area contributed by atoms with Crippen LogP contribution < -0.4 is 15.1 Å². The molecule has 0 unspecified atom stereocenters. The van der Waals surface area contributed by atoms with E-state index in [1.165, 1.54) is 60.9 Å². The van der Waals surface area contributed by atoms with Gasteiger partial charge in [-0.2, -0.15) is 0 Å². The van der Waals surface area contributed by atoms with Crippen LogP contribution in [0.3, 0.4) is 0 Å². The molecule has 8 aromatic carbocycles. The second kappa shape index (κ2) is 20.6. The van der Waals surface area contributed by atoms with Crippen molar-refractivity contribution in [2.45, 2.75) is 34.6 Å². The zero-order chi connectivity index (χ0) is 52.6. The van der Waals surface area contributed by atoms with Gasteiger partial charge in [0.05, 0.1) is 45.2 Å². The number of nitrogens with one attached hydrogen (secondary N) is 1. The van der Waals surface area contributed by atoms with E-state index in [4.69, 9.17) is 0 Å². The van der Waals surface area contributed by atoms with Crippen LogP contribution in [-0.2, 0) is 0 Å². The van der Waals surface area contributed by atoms with Crippen molar-refractivity contribution in [3.8, 4) is 56.1 Å². The first-order valence-electron chi connectivity index (χ1n) is 26.9. The van der Waals surface area contributed by atoms with E-state index in [0.717, 1.165) is 73.4 Å². The number of hydrogen-bond donors (Lipinski definition) is 1. The zero-order valence-corrected chi connectivity index (χ0v) is 44.4. The van der Waals surface area contributed by atoms with Crippen LogP contribution in [0.5, 0.6) is 0 Å².